The normalized spacial score (nSPS) is 13.9. The second-order valence-electron chi connectivity index (χ2n) is 10.1. The predicted molar refractivity (Wildman–Crippen MR) is 148 cm³/mol. The lowest BCUT2D eigenvalue weighted by molar-refractivity contribution is -0.132. The van der Waals surface area contributed by atoms with E-state index in [2.05, 4.69) is 46.3 Å². The van der Waals surface area contributed by atoms with Gasteiger partial charge in [0.25, 0.3) is 0 Å². The average Bonchev–Trinajstić information content (AvgIpc) is 3.41. The molecule has 3 aromatic rings. The Morgan fingerprint density at radius 3 is 2.28 bits per heavy atom. The molecule has 0 radical (unpaired) electrons. The number of carbonyl (C=O) groups excluding carboxylic acids is 1. The molecule has 1 saturated heterocycles. The van der Waals surface area contributed by atoms with E-state index in [1.807, 2.05) is 12.1 Å². The van der Waals surface area contributed by atoms with Gasteiger partial charge in [0.1, 0.15) is 6.54 Å². The number of amides is 1. The summed E-state index contributed by atoms with van der Waals surface area (Å²) in [6.07, 6.45) is 0.166. The Labute approximate surface area is 230 Å². The van der Waals surface area contributed by atoms with E-state index < -0.39 is 0 Å². The molecule has 10 nitrogen and oxygen atoms in total. The largest absolute Gasteiger partial charge is 0.493 e. The number of ether oxygens (including phenoxy) is 3. The number of rotatable bonds is 12. The zero-order chi connectivity index (χ0) is 27.8. The molecule has 0 unspecified atom stereocenters. The van der Waals surface area contributed by atoms with E-state index in [1.54, 1.807) is 38.4 Å². The van der Waals surface area contributed by atoms with Crippen molar-refractivity contribution in [2.45, 2.75) is 33.4 Å². The summed E-state index contributed by atoms with van der Waals surface area (Å²) in [6, 6.07) is 11.9. The second kappa shape index (κ2) is 13.4. The molecular weight excluding hydrogens is 498 g/mol. The maximum Gasteiger partial charge on any atom is 0.246 e. The predicted octanol–water partition coefficient (Wildman–Crippen LogP) is 3.39. The molecular formula is C29H39N5O5. The molecule has 2 heterocycles. The van der Waals surface area contributed by atoms with Crippen LogP contribution >= 0.6 is 0 Å². The second-order valence-corrected chi connectivity index (χ2v) is 10.1. The first-order valence-corrected chi connectivity index (χ1v) is 13.3. The van der Waals surface area contributed by atoms with Crippen LogP contribution in [0.3, 0.4) is 0 Å². The van der Waals surface area contributed by atoms with Gasteiger partial charge in [-0.05, 0) is 29.2 Å². The first-order chi connectivity index (χ1) is 18.9. The number of nitrogens with zero attached hydrogens (tertiary/aromatic N) is 4. The maximum atomic E-state index is 13.4. The van der Waals surface area contributed by atoms with E-state index in [0.717, 1.165) is 43.9 Å². The van der Waals surface area contributed by atoms with Gasteiger partial charge in [0.2, 0.25) is 23.4 Å². The lowest BCUT2D eigenvalue weighted by Crippen LogP contribution is -2.42. The molecule has 1 N–H and O–H groups in total. The van der Waals surface area contributed by atoms with Crippen LogP contribution in [0, 0.1) is 5.92 Å². The van der Waals surface area contributed by atoms with Crippen LogP contribution in [0.2, 0.25) is 0 Å². The summed E-state index contributed by atoms with van der Waals surface area (Å²) in [6.45, 7) is 10.0. The molecule has 0 atom stereocenters. The zero-order valence-electron chi connectivity index (χ0n) is 23.5. The summed E-state index contributed by atoms with van der Waals surface area (Å²) < 4.78 is 21.8. The summed E-state index contributed by atoms with van der Waals surface area (Å²) in [5.74, 6) is 2.63. The minimum absolute atomic E-state index is 0.0602. The fourth-order valence-electron chi connectivity index (χ4n) is 4.71. The van der Waals surface area contributed by atoms with Gasteiger partial charge in [-0.1, -0.05) is 43.3 Å². The number of aromatic nitrogens is 2. The van der Waals surface area contributed by atoms with E-state index in [0.29, 0.717) is 35.5 Å². The molecule has 1 amide bonds. The van der Waals surface area contributed by atoms with Crippen molar-refractivity contribution in [3.63, 3.8) is 0 Å². The fraction of sp³-hybridized carbons (Fsp3) is 0.483. The molecule has 1 aliphatic heterocycles. The van der Waals surface area contributed by atoms with Gasteiger partial charge in [-0.2, -0.15) is 4.98 Å². The van der Waals surface area contributed by atoms with Gasteiger partial charge < -0.3 is 29.0 Å². The van der Waals surface area contributed by atoms with Crippen LogP contribution < -0.4 is 19.5 Å². The molecule has 0 bridgehead atoms. The van der Waals surface area contributed by atoms with E-state index >= 15 is 0 Å². The number of nitrogens with one attached hydrogen (secondary N) is 1. The standard InChI is InChI=1S/C29H39N5O5/c1-20(2)17-34(27(35)16-22-14-24(36-3)28(38-5)25(15-22)37-4)19-26-31-29(32-39-26)23-8-6-21(7-9-23)18-33-12-10-30-11-13-33/h6-9,14-15,20,30H,10-13,16-19H2,1-5H3. The Hall–Kier alpha value is -3.63. The van der Waals surface area contributed by atoms with Crippen molar-refractivity contribution < 1.29 is 23.5 Å². The summed E-state index contributed by atoms with van der Waals surface area (Å²) in [5.41, 5.74) is 2.90. The highest BCUT2D eigenvalue weighted by molar-refractivity contribution is 5.79. The first-order valence-electron chi connectivity index (χ1n) is 13.3. The quantitative estimate of drug-likeness (QED) is 0.372. The van der Waals surface area contributed by atoms with Crippen molar-refractivity contribution in [2.24, 2.45) is 5.92 Å². The highest BCUT2D eigenvalue weighted by atomic mass is 16.5. The monoisotopic (exact) mass is 537 g/mol. The first kappa shape index (κ1) is 28.4. The van der Waals surface area contributed by atoms with Crippen molar-refractivity contribution in [1.29, 1.82) is 0 Å². The summed E-state index contributed by atoms with van der Waals surface area (Å²) in [5, 5.41) is 7.56. The van der Waals surface area contributed by atoms with E-state index in [-0.39, 0.29) is 24.8 Å². The van der Waals surface area contributed by atoms with Crippen LogP contribution in [0.25, 0.3) is 11.4 Å². The van der Waals surface area contributed by atoms with E-state index in [9.17, 15) is 4.79 Å². The van der Waals surface area contributed by atoms with E-state index in [1.165, 1.54) is 5.56 Å². The lowest BCUT2D eigenvalue weighted by Gasteiger charge is -2.27. The molecule has 10 heteroatoms. The Morgan fingerprint density at radius 2 is 1.69 bits per heavy atom. The highest BCUT2D eigenvalue weighted by Gasteiger charge is 2.22. The molecule has 4 rings (SSSR count). The van der Waals surface area contributed by atoms with Gasteiger partial charge in [-0.25, -0.2) is 0 Å². The Balaban J connectivity index is 1.44. The Morgan fingerprint density at radius 1 is 1.03 bits per heavy atom. The molecule has 0 aliphatic carbocycles. The van der Waals surface area contributed by atoms with Gasteiger partial charge in [0.05, 0.1) is 27.8 Å². The molecule has 2 aromatic carbocycles. The van der Waals surface area contributed by atoms with Gasteiger partial charge in [0.15, 0.2) is 11.5 Å². The van der Waals surface area contributed by atoms with Crippen molar-refractivity contribution in [3.05, 3.63) is 53.4 Å². The number of carbonyl (C=O) groups is 1. The fourth-order valence-corrected chi connectivity index (χ4v) is 4.71. The molecule has 210 valence electrons. The molecule has 0 saturated carbocycles. The molecule has 1 aromatic heterocycles. The van der Waals surface area contributed by atoms with Crippen LogP contribution in [0.5, 0.6) is 17.2 Å². The smallest absolute Gasteiger partial charge is 0.246 e. The van der Waals surface area contributed by atoms with Crippen molar-refractivity contribution >= 4 is 5.91 Å². The Kier molecular flexibility index (Phi) is 9.78. The maximum absolute atomic E-state index is 13.4. The molecule has 0 spiro atoms. The minimum atomic E-state index is -0.0602. The third-order valence-corrected chi connectivity index (χ3v) is 6.64. The summed E-state index contributed by atoms with van der Waals surface area (Å²) >= 11 is 0. The van der Waals surface area contributed by atoms with E-state index in [4.69, 9.17) is 18.7 Å². The number of piperazine rings is 1. The SMILES string of the molecule is COc1cc(CC(=O)N(Cc2nc(-c3ccc(CN4CCNCC4)cc3)no2)CC(C)C)cc(OC)c1OC. The third kappa shape index (κ3) is 7.48. The van der Waals surface area contributed by atoms with Gasteiger partial charge in [-0.3, -0.25) is 9.69 Å². The molecule has 1 aliphatic rings. The molecule has 39 heavy (non-hydrogen) atoms. The van der Waals surface area contributed by atoms with Crippen LogP contribution in [-0.4, -0.2) is 79.9 Å². The third-order valence-electron chi connectivity index (χ3n) is 6.64. The van der Waals surface area contributed by atoms with Crippen LogP contribution in [0.4, 0.5) is 0 Å². The minimum Gasteiger partial charge on any atom is -0.493 e. The van der Waals surface area contributed by atoms with Crippen LogP contribution in [-0.2, 0) is 24.3 Å². The average molecular weight is 538 g/mol. The van der Waals surface area contributed by atoms with Crippen LogP contribution in [0.15, 0.2) is 40.9 Å². The van der Waals surface area contributed by atoms with Crippen LogP contribution in [0.1, 0.15) is 30.9 Å². The molecule has 1 fully saturated rings. The van der Waals surface area contributed by atoms with Crippen molar-refractivity contribution in [1.82, 2.24) is 25.3 Å². The van der Waals surface area contributed by atoms with Gasteiger partial charge in [-0.15, -0.1) is 0 Å². The summed E-state index contributed by atoms with van der Waals surface area (Å²) in [4.78, 5) is 22.2. The topological polar surface area (TPSA) is 102 Å². The lowest BCUT2D eigenvalue weighted by atomic mass is 10.1. The zero-order valence-corrected chi connectivity index (χ0v) is 23.5. The summed E-state index contributed by atoms with van der Waals surface area (Å²) in [7, 11) is 4.67. The Bertz CT molecular complexity index is 1200. The van der Waals surface area contributed by atoms with Gasteiger partial charge >= 0.3 is 0 Å². The van der Waals surface area contributed by atoms with Crippen molar-refractivity contribution in [3.8, 4) is 28.6 Å². The number of hydrogen-bond donors (Lipinski definition) is 1. The number of hydrogen-bond acceptors (Lipinski definition) is 9. The van der Waals surface area contributed by atoms with Gasteiger partial charge in [0, 0.05) is 44.8 Å². The number of benzene rings is 2. The highest BCUT2D eigenvalue weighted by Crippen LogP contribution is 2.38. The van der Waals surface area contributed by atoms with Crippen molar-refractivity contribution in [2.75, 3.05) is 54.1 Å². The number of methoxy groups -OCH3 is 3.